The van der Waals surface area contributed by atoms with Crippen LogP contribution in [0.5, 0.6) is 11.5 Å². The number of fused-ring (bicyclic) bond motifs is 2. The van der Waals surface area contributed by atoms with E-state index in [1.807, 2.05) is 42.8 Å². The van der Waals surface area contributed by atoms with Crippen LogP contribution in [0.2, 0.25) is 0 Å². The maximum absolute atomic E-state index is 15.2. The summed E-state index contributed by atoms with van der Waals surface area (Å²) in [4.78, 5) is 9.14. The van der Waals surface area contributed by atoms with Crippen molar-refractivity contribution < 1.29 is 23.0 Å². The largest absolute Gasteiger partial charge is 0.496 e. The SMILES string of the molecule is COc1cc(OCc2csc(C3(F)CCOCC3)n2)c2cc(-c3cn4nc(C)ccc4n3)oc2c1. The first-order valence-corrected chi connectivity index (χ1v) is 12.2. The van der Waals surface area contributed by atoms with E-state index in [4.69, 9.17) is 18.6 Å². The number of aryl methyl sites for hydroxylation is 1. The average molecular weight is 495 g/mol. The molecule has 0 bridgehead atoms. The summed E-state index contributed by atoms with van der Waals surface area (Å²) in [6, 6.07) is 9.33. The molecule has 5 heterocycles. The predicted octanol–water partition coefficient (Wildman–Crippen LogP) is 5.47. The molecule has 1 saturated heterocycles. The molecular formula is C25H23FN4O4S. The molecule has 1 aromatic carbocycles. The summed E-state index contributed by atoms with van der Waals surface area (Å²) in [5.41, 5.74) is 2.15. The van der Waals surface area contributed by atoms with Crippen LogP contribution in [0.4, 0.5) is 4.39 Å². The van der Waals surface area contributed by atoms with E-state index in [0.29, 0.717) is 65.3 Å². The van der Waals surface area contributed by atoms with Gasteiger partial charge in [-0.3, -0.25) is 0 Å². The van der Waals surface area contributed by atoms with E-state index in [1.54, 1.807) is 17.7 Å². The molecule has 1 fully saturated rings. The first-order chi connectivity index (χ1) is 17.0. The minimum atomic E-state index is -1.43. The third-order valence-corrected chi connectivity index (χ3v) is 7.18. The van der Waals surface area contributed by atoms with Gasteiger partial charge in [-0.1, -0.05) is 0 Å². The van der Waals surface area contributed by atoms with Gasteiger partial charge in [0, 0.05) is 30.4 Å². The second kappa shape index (κ2) is 8.62. The molecule has 0 aliphatic carbocycles. The second-order valence-electron chi connectivity index (χ2n) is 8.56. The van der Waals surface area contributed by atoms with Crippen LogP contribution in [0.1, 0.15) is 29.2 Å². The molecule has 0 spiro atoms. The van der Waals surface area contributed by atoms with Gasteiger partial charge in [0.1, 0.15) is 34.4 Å². The van der Waals surface area contributed by atoms with E-state index in [2.05, 4.69) is 15.1 Å². The Kier molecular flexibility index (Phi) is 5.42. The minimum absolute atomic E-state index is 0.198. The topological polar surface area (TPSA) is 83.9 Å². The van der Waals surface area contributed by atoms with Gasteiger partial charge in [0.15, 0.2) is 17.1 Å². The molecule has 6 rings (SSSR count). The van der Waals surface area contributed by atoms with Gasteiger partial charge in [-0.2, -0.15) is 5.10 Å². The average Bonchev–Trinajstić information content (AvgIpc) is 3.60. The quantitative estimate of drug-likeness (QED) is 0.309. The summed E-state index contributed by atoms with van der Waals surface area (Å²) in [7, 11) is 1.59. The molecule has 1 aliphatic heterocycles. The molecule has 0 atom stereocenters. The van der Waals surface area contributed by atoms with Gasteiger partial charge in [0.25, 0.3) is 0 Å². The monoisotopic (exact) mass is 494 g/mol. The van der Waals surface area contributed by atoms with Crippen molar-refractivity contribution in [3.8, 4) is 23.0 Å². The molecule has 10 heteroatoms. The van der Waals surface area contributed by atoms with Gasteiger partial charge in [-0.15, -0.1) is 11.3 Å². The van der Waals surface area contributed by atoms with Crippen LogP contribution in [-0.4, -0.2) is 39.9 Å². The van der Waals surface area contributed by atoms with E-state index in [1.165, 1.54) is 11.3 Å². The number of halogens is 1. The van der Waals surface area contributed by atoms with Crippen LogP contribution >= 0.6 is 11.3 Å². The maximum atomic E-state index is 15.2. The number of nitrogens with zero attached hydrogens (tertiary/aromatic N) is 4. The van der Waals surface area contributed by atoms with Crippen LogP contribution in [0.25, 0.3) is 28.1 Å². The number of ether oxygens (including phenoxy) is 3. The van der Waals surface area contributed by atoms with Crippen molar-refractivity contribution in [3.63, 3.8) is 0 Å². The van der Waals surface area contributed by atoms with Gasteiger partial charge in [0.2, 0.25) is 0 Å². The van der Waals surface area contributed by atoms with Crippen molar-refractivity contribution in [2.24, 2.45) is 0 Å². The zero-order valence-corrected chi connectivity index (χ0v) is 20.1. The second-order valence-corrected chi connectivity index (χ2v) is 9.42. The Morgan fingerprint density at radius 2 is 2.03 bits per heavy atom. The number of imidazole rings is 1. The van der Waals surface area contributed by atoms with Gasteiger partial charge in [-0.05, 0) is 25.1 Å². The summed E-state index contributed by atoms with van der Waals surface area (Å²) in [5, 5.41) is 7.56. The van der Waals surface area contributed by atoms with Crippen LogP contribution in [0.15, 0.2) is 46.3 Å². The molecule has 1 aliphatic rings. The molecule has 5 aromatic rings. The number of hydrogen-bond donors (Lipinski definition) is 0. The van der Waals surface area contributed by atoms with Crippen molar-refractivity contribution in [3.05, 3.63) is 58.3 Å². The van der Waals surface area contributed by atoms with E-state index < -0.39 is 5.67 Å². The number of furan rings is 1. The fourth-order valence-electron chi connectivity index (χ4n) is 4.18. The predicted molar refractivity (Wildman–Crippen MR) is 129 cm³/mol. The Hall–Kier alpha value is -3.50. The highest BCUT2D eigenvalue weighted by atomic mass is 32.1. The van der Waals surface area contributed by atoms with Crippen LogP contribution in [0.3, 0.4) is 0 Å². The molecule has 0 radical (unpaired) electrons. The van der Waals surface area contributed by atoms with Crippen molar-refractivity contribution in [1.82, 2.24) is 19.6 Å². The Morgan fingerprint density at radius 3 is 2.86 bits per heavy atom. The minimum Gasteiger partial charge on any atom is -0.496 e. The smallest absolute Gasteiger partial charge is 0.166 e. The number of hydrogen-bond acceptors (Lipinski definition) is 8. The first kappa shape index (κ1) is 22.0. The number of aromatic nitrogens is 4. The van der Waals surface area contributed by atoms with Crippen LogP contribution in [-0.2, 0) is 17.0 Å². The lowest BCUT2D eigenvalue weighted by Gasteiger charge is -2.27. The maximum Gasteiger partial charge on any atom is 0.166 e. The Balaban J connectivity index is 1.29. The first-order valence-electron chi connectivity index (χ1n) is 11.3. The van der Waals surface area contributed by atoms with Gasteiger partial charge < -0.3 is 18.6 Å². The molecule has 180 valence electrons. The summed E-state index contributed by atoms with van der Waals surface area (Å²) < 4.78 is 39.9. The van der Waals surface area contributed by atoms with Gasteiger partial charge in [-0.25, -0.2) is 18.9 Å². The number of rotatable bonds is 6. The molecule has 0 N–H and O–H groups in total. The molecule has 0 unspecified atom stereocenters. The van der Waals surface area contributed by atoms with E-state index in [0.717, 1.165) is 16.7 Å². The molecule has 35 heavy (non-hydrogen) atoms. The summed E-state index contributed by atoms with van der Waals surface area (Å²) in [6.45, 7) is 2.95. The molecular weight excluding hydrogens is 471 g/mol. The fourth-order valence-corrected chi connectivity index (χ4v) is 5.14. The van der Waals surface area contributed by atoms with E-state index in [-0.39, 0.29) is 6.61 Å². The van der Waals surface area contributed by atoms with Gasteiger partial charge in [0.05, 0.1) is 43.3 Å². The van der Waals surface area contributed by atoms with E-state index >= 15 is 4.39 Å². The van der Waals surface area contributed by atoms with Crippen molar-refractivity contribution in [2.45, 2.75) is 32.0 Å². The third-order valence-electron chi connectivity index (χ3n) is 6.11. The lowest BCUT2D eigenvalue weighted by molar-refractivity contribution is -0.0117. The molecule has 8 nitrogen and oxygen atoms in total. The number of benzene rings is 1. The van der Waals surface area contributed by atoms with Crippen molar-refractivity contribution >= 4 is 28.0 Å². The Bertz CT molecular complexity index is 1520. The highest BCUT2D eigenvalue weighted by molar-refractivity contribution is 7.09. The summed E-state index contributed by atoms with van der Waals surface area (Å²) in [6.07, 6.45) is 2.48. The lowest BCUT2D eigenvalue weighted by atomic mass is 9.97. The fraction of sp³-hybridized carbons (Fsp3) is 0.320. The zero-order chi connectivity index (χ0) is 24.0. The highest BCUT2D eigenvalue weighted by Gasteiger charge is 2.37. The number of alkyl halides is 1. The van der Waals surface area contributed by atoms with Crippen LogP contribution in [0, 0.1) is 6.92 Å². The summed E-state index contributed by atoms with van der Waals surface area (Å²) >= 11 is 1.32. The Morgan fingerprint density at radius 1 is 1.17 bits per heavy atom. The standard InChI is InChI=1S/C25H23FN4O4S/c1-15-3-4-23-28-19(12-30(23)29-15)22-11-18-20(9-17(31-2)10-21(18)34-22)33-13-16-14-35-24(27-16)25(26)5-7-32-8-6-25/h3-4,9-12,14H,5-8,13H2,1-2H3. The molecule has 0 amide bonds. The third kappa shape index (κ3) is 4.12. The van der Waals surface area contributed by atoms with Crippen LogP contribution < -0.4 is 9.47 Å². The molecule has 4 aromatic heterocycles. The highest BCUT2D eigenvalue weighted by Crippen LogP contribution is 2.39. The normalized spacial score (nSPS) is 15.6. The van der Waals surface area contributed by atoms with Gasteiger partial charge >= 0.3 is 0 Å². The van der Waals surface area contributed by atoms with Crippen molar-refractivity contribution in [1.29, 1.82) is 0 Å². The Labute approximate surface area is 204 Å². The summed E-state index contributed by atoms with van der Waals surface area (Å²) in [5.74, 6) is 1.78. The lowest BCUT2D eigenvalue weighted by Crippen LogP contribution is -2.29. The molecule has 0 saturated carbocycles. The number of methoxy groups -OCH3 is 1. The zero-order valence-electron chi connectivity index (χ0n) is 19.3. The number of thiazole rings is 1. The van der Waals surface area contributed by atoms with Crippen molar-refractivity contribution in [2.75, 3.05) is 20.3 Å². The van der Waals surface area contributed by atoms with E-state index in [9.17, 15) is 0 Å².